The van der Waals surface area contributed by atoms with Gasteiger partial charge in [-0.25, -0.2) is 0 Å². The van der Waals surface area contributed by atoms with Crippen LogP contribution in [0.5, 0.6) is 0 Å². The maximum Gasteiger partial charge on any atom is 0.0105 e. The maximum atomic E-state index is 4.29. The highest BCUT2D eigenvalue weighted by Gasteiger charge is 1.96. The fraction of sp³-hybridized carbons (Fsp3) is 1.00. The van der Waals surface area contributed by atoms with Crippen LogP contribution in [0.15, 0.2) is 0 Å². The number of unbranched alkanes of at least 4 members (excludes halogenated alkanes) is 1. The normalized spacial score (nSPS) is 13.9. The Hall–Kier alpha value is 0.700. The zero-order valence-electron chi connectivity index (χ0n) is 5.30. The minimum absolute atomic E-state index is 0.512. The number of rotatable bonds is 4. The maximum absolute atomic E-state index is 4.29. The minimum atomic E-state index is 0.512. The molecule has 0 saturated heterocycles. The van der Waals surface area contributed by atoms with Gasteiger partial charge in [0.2, 0.25) is 0 Å². The van der Waals surface area contributed by atoms with Crippen LogP contribution in [0, 0.1) is 0 Å². The average molecular weight is 150 g/mol. The Bertz CT molecular complexity index is 45.8. The van der Waals surface area contributed by atoms with E-state index in [-0.39, 0.29) is 0 Å². The number of hydrogen-bond acceptors (Lipinski definition) is 2. The molecule has 2 heteroatoms. The highest BCUT2D eigenvalue weighted by molar-refractivity contribution is 7.84. The second-order valence-corrected chi connectivity index (χ2v) is 3.07. The summed E-state index contributed by atoms with van der Waals surface area (Å²) < 4.78 is 0. The third-order valence-corrected chi connectivity index (χ3v) is 2.27. The van der Waals surface area contributed by atoms with Gasteiger partial charge in [0.15, 0.2) is 0 Å². The van der Waals surface area contributed by atoms with Crippen molar-refractivity contribution >= 4 is 25.3 Å². The van der Waals surface area contributed by atoms with Gasteiger partial charge in [0.25, 0.3) is 0 Å². The summed E-state index contributed by atoms with van der Waals surface area (Å²) in [4.78, 5) is 0. The smallest absolute Gasteiger partial charge is 0.0105 e. The van der Waals surface area contributed by atoms with Crippen molar-refractivity contribution in [3.05, 3.63) is 0 Å². The first-order chi connectivity index (χ1) is 3.81. The Labute approximate surface area is 62.9 Å². The van der Waals surface area contributed by atoms with E-state index < -0.39 is 0 Å². The molecule has 0 aliphatic rings. The monoisotopic (exact) mass is 150 g/mol. The average Bonchev–Trinajstić information content (AvgIpc) is 1.83. The Kier molecular flexibility index (Phi) is 6.34. The summed E-state index contributed by atoms with van der Waals surface area (Å²) in [5.41, 5.74) is 0. The first-order valence-corrected chi connectivity index (χ1v) is 4.25. The Morgan fingerprint density at radius 1 is 1.50 bits per heavy atom. The second kappa shape index (κ2) is 5.83. The van der Waals surface area contributed by atoms with Gasteiger partial charge in [-0.3, -0.25) is 0 Å². The lowest BCUT2D eigenvalue weighted by atomic mass is 10.2. The molecule has 0 aromatic rings. The van der Waals surface area contributed by atoms with Crippen LogP contribution in [0.3, 0.4) is 0 Å². The molecule has 0 nitrogen and oxygen atoms in total. The van der Waals surface area contributed by atoms with Crippen molar-refractivity contribution in [2.24, 2.45) is 0 Å². The van der Waals surface area contributed by atoms with Gasteiger partial charge in [-0.2, -0.15) is 25.3 Å². The van der Waals surface area contributed by atoms with E-state index >= 15 is 0 Å². The molecule has 50 valence electrons. The van der Waals surface area contributed by atoms with Gasteiger partial charge < -0.3 is 0 Å². The van der Waals surface area contributed by atoms with Crippen LogP contribution in [0.4, 0.5) is 0 Å². The van der Waals surface area contributed by atoms with Crippen LogP contribution in [0.25, 0.3) is 0 Å². The molecule has 0 spiro atoms. The molecule has 0 aromatic heterocycles. The molecule has 0 heterocycles. The van der Waals surface area contributed by atoms with Crippen LogP contribution < -0.4 is 0 Å². The molecule has 0 aliphatic heterocycles. The summed E-state index contributed by atoms with van der Waals surface area (Å²) in [6.45, 7) is 2.19. The van der Waals surface area contributed by atoms with E-state index in [1.165, 1.54) is 19.3 Å². The molecule has 0 aliphatic carbocycles. The molecular formula is C6H14S2. The zero-order chi connectivity index (χ0) is 6.41. The molecule has 0 aromatic carbocycles. The first kappa shape index (κ1) is 8.70. The van der Waals surface area contributed by atoms with Gasteiger partial charge in [0, 0.05) is 11.0 Å². The zero-order valence-corrected chi connectivity index (χ0v) is 7.09. The van der Waals surface area contributed by atoms with E-state index in [4.69, 9.17) is 0 Å². The predicted octanol–water partition coefficient (Wildman–Crippen LogP) is 2.40. The summed E-state index contributed by atoms with van der Waals surface area (Å²) in [6.07, 6.45) is 3.77. The van der Waals surface area contributed by atoms with E-state index in [1.807, 2.05) is 0 Å². The molecule has 0 bridgehead atoms. The van der Waals surface area contributed by atoms with E-state index in [9.17, 15) is 0 Å². The second-order valence-electron chi connectivity index (χ2n) is 1.98. The lowest BCUT2D eigenvalue weighted by Gasteiger charge is -2.03. The number of thiol groups is 2. The molecule has 0 radical (unpaired) electrons. The van der Waals surface area contributed by atoms with Crippen LogP contribution in [0.1, 0.15) is 26.2 Å². The highest BCUT2D eigenvalue weighted by Crippen LogP contribution is 2.07. The van der Waals surface area contributed by atoms with Gasteiger partial charge in [-0.1, -0.05) is 19.8 Å². The third-order valence-electron chi connectivity index (χ3n) is 1.10. The topological polar surface area (TPSA) is 0 Å². The van der Waals surface area contributed by atoms with Crippen molar-refractivity contribution in [3.8, 4) is 0 Å². The fourth-order valence-corrected chi connectivity index (χ4v) is 0.896. The Morgan fingerprint density at radius 3 is 2.50 bits per heavy atom. The van der Waals surface area contributed by atoms with Crippen LogP contribution in [-0.2, 0) is 0 Å². The molecule has 0 fully saturated rings. The van der Waals surface area contributed by atoms with Crippen molar-refractivity contribution in [2.75, 3.05) is 5.75 Å². The van der Waals surface area contributed by atoms with Crippen molar-refractivity contribution in [1.82, 2.24) is 0 Å². The molecule has 1 atom stereocenters. The van der Waals surface area contributed by atoms with Crippen molar-refractivity contribution in [2.45, 2.75) is 31.4 Å². The standard InChI is InChI=1S/C6H14S2/c1-2-3-4-6(8)5-7/h6-8H,2-5H2,1H3/t6-/m0/s1. The largest absolute Gasteiger partial charge is 0.178 e. The molecule has 8 heavy (non-hydrogen) atoms. The van der Waals surface area contributed by atoms with Crippen LogP contribution in [0.2, 0.25) is 0 Å². The fourth-order valence-electron chi connectivity index (χ4n) is 0.531. The van der Waals surface area contributed by atoms with E-state index in [1.54, 1.807) is 0 Å². The summed E-state index contributed by atoms with van der Waals surface area (Å²) in [7, 11) is 0. The molecule has 0 unspecified atom stereocenters. The van der Waals surface area contributed by atoms with Gasteiger partial charge in [-0.05, 0) is 6.42 Å². The van der Waals surface area contributed by atoms with E-state index in [0.29, 0.717) is 5.25 Å². The molecule has 0 rings (SSSR count). The van der Waals surface area contributed by atoms with Gasteiger partial charge in [0.1, 0.15) is 0 Å². The minimum Gasteiger partial charge on any atom is -0.178 e. The molecule has 0 saturated carbocycles. The summed E-state index contributed by atoms with van der Waals surface area (Å²) in [5.74, 6) is 0.906. The predicted molar refractivity (Wildman–Crippen MR) is 46.2 cm³/mol. The van der Waals surface area contributed by atoms with Crippen LogP contribution in [-0.4, -0.2) is 11.0 Å². The van der Waals surface area contributed by atoms with Crippen molar-refractivity contribution in [1.29, 1.82) is 0 Å². The summed E-state index contributed by atoms with van der Waals surface area (Å²) in [6, 6.07) is 0. The summed E-state index contributed by atoms with van der Waals surface area (Å²) in [5, 5.41) is 0.512. The van der Waals surface area contributed by atoms with Gasteiger partial charge in [0.05, 0.1) is 0 Å². The lowest BCUT2D eigenvalue weighted by molar-refractivity contribution is 0.720. The van der Waals surface area contributed by atoms with Gasteiger partial charge in [-0.15, -0.1) is 0 Å². The van der Waals surface area contributed by atoms with Crippen molar-refractivity contribution in [3.63, 3.8) is 0 Å². The van der Waals surface area contributed by atoms with Crippen molar-refractivity contribution < 1.29 is 0 Å². The van der Waals surface area contributed by atoms with Crippen LogP contribution >= 0.6 is 25.3 Å². The third kappa shape index (κ3) is 4.85. The highest BCUT2D eigenvalue weighted by atomic mass is 32.1. The lowest BCUT2D eigenvalue weighted by Crippen LogP contribution is -1.98. The van der Waals surface area contributed by atoms with E-state index in [2.05, 4.69) is 32.2 Å². The molecule has 0 N–H and O–H groups in total. The van der Waals surface area contributed by atoms with Gasteiger partial charge >= 0.3 is 0 Å². The SMILES string of the molecule is CCCC[C@H](S)CS. The first-order valence-electron chi connectivity index (χ1n) is 3.10. The Morgan fingerprint density at radius 2 is 2.12 bits per heavy atom. The Balaban J connectivity index is 2.86. The summed E-state index contributed by atoms with van der Waals surface area (Å²) >= 11 is 8.40. The number of hydrogen-bond donors (Lipinski definition) is 2. The van der Waals surface area contributed by atoms with E-state index in [0.717, 1.165) is 5.75 Å². The quantitative estimate of drug-likeness (QED) is 0.565. The molecule has 0 amide bonds. The molecular weight excluding hydrogens is 136 g/mol.